The fourth-order valence-corrected chi connectivity index (χ4v) is 10.2. The highest BCUT2D eigenvalue weighted by molar-refractivity contribution is 8.00. The number of benzene rings is 1. The van der Waals surface area contributed by atoms with Gasteiger partial charge in [-0.1, -0.05) is 23.8 Å². The summed E-state index contributed by atoms with van der Waals surface area (Å²) in [7, 11) is 1.50. The monoisotopic (exact) mass is 544 g/mol. The van der Waals surface area contributed by atoms with Gasteiger partial charge in [-0.3, -0.25) is 24.1 Å². The number of rotatable bonds is 8. The number of carboxylic acid groups (broad SMARTS) is 1. The Morgan fingerprint density at radius 1 is 1.14 bits per heavy atom. The van der Waals surface area contributed by atoms with Crippen LogP contribution in [0.2, 0.25) is 0 Å². The number of aliphatic carboxylic acids is 1. The van der Waals surface area contributed by atoms with Crippen LogP contribution in [0.1, 0.15) is 48.5 Å². The summed E-state index contributed by atoms with van der Waals surface area (Å²) >= 11 is 2.83. The fraction of sp³-hybridized carbons (Fsp3) is 0.538. The molecule has 2 aromatic rings. The molecule has 3 N–H and O–H groups in total. The molecule has 2 aliphatic carbocycles. The third-order valence-electron chi connectivity index (χ3n) is 8.65. The Morgan fingerprint density at radius 2 is 1.89 bits per heavy atom. The van der Waals surface area contributed by atoms with Crippen LogP contribution in [0.25, 0.3) is 0 Å². The van der Waals surface area contributed by atoms with Gasteiger partial charge in [0.25, 0.3) is 0 Å². The molecule has 2 bridgehead atoms. The molecule has 2 saturated carbocycles. The average molecular weight is 545 g/mol. The number of carboxylic acids is 1. The number of likely N-dealkylation sites (tertiary alicyclic amines) is 1. The highest BCUT2D eigenvalue weighted by atomic mass is 32.2. The van der Waals surface area contributed by atoms with Crippen LogP contribution in [-0.2, 0) is 14.4 Å². The molecule has 7 atom stereocenters. The number of thioether (sulfide) groups is 1. The fourth-order valence-electron chi connectivity index (χ4n) is 7.28. The molecular weight excluding hydrogens is 516 g/mol. The first-order valence-corrected chi connectivity index (χ1v) is 14.3. The van der Waals surface area contributed by atoms with Crippen LogP contribution in [-0.4, -0.2) is 56.8 Å². The number of ether oxygens (including phenoxy) is 1. The van der Waals surface area contributed by atoms with Gasteiger partial charge < -0.3 is 19.9 Å². The summed E-state index contributed by atoms with van der Waals surface area (Å²) in [6, 6.07) is 5.28. The number of hydrogen-bond donors (Lipinski definition) is 3. The SMILES string of the molecule is COc1cc([C@@H]2c3sc(=O)[nH]c3S[C@@H]3[C@H]4C[C@@H]([C@@H]5C(=O)N(CCCCCC(=O)O)C(=O)[C@@H]45)[C@H]23)ccc1O. The molecule has 4 aliphatic rings. The second kappa shape index (κ2) is 9.20. The number of nitrogens with zero attached hydrogens (tertiary/aromatic N) is 1. The van der Waals surface area contributed by atoms with E-state index in [4.69, 9.17) is 9.84 Å². The summed E-state index contributed by atoms with van der Waals surface area (Å²) in [5.74, 6) is -1.28. The van der Waals surface area contributed by atoms with Crippen molar-refractivity contribution < 1.29 is 29.3 Å². The van der Waals surface area contributed by atoms with E-state index in [1.807, 2.05) is 12.1 Å². The predicted molar refractivity (Wildman–Crippen MR) is 136 cm³/mol. The van der Waals surface area contributed by atoms with Crippen molar-refractivity contribution in [1.82, 2.24) is 9.88 Å². The van der Waals surface area contributed by atoms with Gasteiger partial charge in [0.2, 0.25) is 11.8 Å². The molecule has 0 radical (unpaired) electrons. The summed E-state index contributed by atoms with van der Waals surface area (Å²) in [6.07, 6.45) is 2.70. The predicted octanol–water partition coefficient (Wildman–Crippen LogP) is 3.27. The number of H-pyrrole nitrogens is 1. The van der Waals surface area contributed by atoms with E-state index in [0.29, 0.717) is 31.6 Å². The van der Waals surface area contributed by atoms with Gasteiger partial charge in [-0.05, 0) is 54.7 Å². The minimum atomic E-state index is -0.838. The van der Waals surface area contributed by atoms with Gasteiger partial charge in [-0.15, -0.1) is 11.8 Å². The first-order valence-electron chi connectivity index (χ1n) is 12.6. The van der Waals surface area contributed by atoms with Crippen LogP contribution in [0.3, 0.4) is 0 Å². The van der Waals surface area contributed by atoms with Crippen molar-refractivity contribution in [2.45, 2.75) is 48.3 Å². The maximum Gasteiger partial charge on any atom is 0.305 e. The zero-order valence-electron chi connectivity index (χ0n) is 20.2. The first-order chi connectivity index (χ1) is 17.8. The Balaban J connectivity index is 1.31. The summed E-state index contributed by atoms with van der Waals surface area (Å²) in [4.78, 5) is 55.4. The number of nitrogens with one attached hydrogen (secondary N) is 1. The molecule has 2 amide bonds. The lowest BCUT2D eigenvalue weighted by Crippen LogP contribution is -2.42. The number of unbranched alkanes of at least 4 members (excludes halogenated alkanes) is 2. The van der Waals surface area contributed by atoms with Crippen molar-refractivity contribution >= 4 is 40.9 Å². The largest absolute Gasteiger partial charge is 0.504 e. The smallest absolute Gasteiger partial charge is 0.305 e. The van der Waals surface area contributed by atoms with Gasteiger partial charge in [-0.25, -0.2) is 0 Å². The summed E-state index contributed by atoms with van der Waals surface area (Å²) in [5, 5.41) is 19.9. The minimum Gasteiger partial charge on any atom is -0.504 e. The van der Waals surface area contributed by atoms with Crippen LogP contribution in [0.4, 0.5) is 0 Å². The van der Waals surface area contributed by atoms with E-state index < -0.39 is 5.97 Å². The van der Waals surface area contributed by atoms with Crippen molar-refractivity contribution in [3.8, 4) is 11.5 Å². The Morgan fingerprint density at radius 3 is 2.62 bits per heavy atom. The zero-order chi connectivity index (χ0) is 26.0. The molecule has 3 heterocycles. The van der Waals surface area contributed by atoms with Gasteiger partial charge >= 0.3 is 10.8 Å². The molecule has 2 aliphatic heterocycles. The van der Waals surface area contributed by atoms with Crippen molar-refractivity contribution in [2.24, 2.45) is 29.6 Å². The van der Waals surface area contributed by atoms with E-state index in [0.717, 1.165) is 21.9 Å². The van der Waals surface area contributed by atoms with Crippen LogP contribution in [0, 0.1) is 29.6 Å². The van der Waals surface area contributed by atoms with Crippen LogP contribution < -0.4 is 9.61 Å². The molecular formula is C26H28N2O7S2. The number of fused-ring (bicyclic) bond motifs is 9. The van der Waals surface area contributed by atoms with Crippen molar-refractivity contribution in [3.63, 3.8) is 0 Å². The van der Waals surface area contributed by atoms with E-state index in [9.17, 15) is 24.3 Å². The normalized spacial score (nSPS) is 31.4. The van der Waals surface area contributed by atoms with Crippen molar-refractivity contribution in [2.75, 3.05) is 13.7 Å². The molecule has 11 heteroatoms. The lowest BCUT2D eigenvalue weighted by atomic mass is 9.68. The van der Waals surface area contributed by atoms with Gasteiger partial charge in [-0.2, -0.15) is 0 Å². The maximum atomic E-state index is 13.6. The Hall–Kier alpha value is -2.79. The van der Waals surface area contributed by atoms with Gasteiger partial charge in [0.1, 0.15) is 0 Å². The third kappa shape index (κ3) is 3.80. The number of carbonyl (C=O) groups excluding carboxylic acids is 2. The topological polar surface area (TPSA) is 137 Å². The molecule has 37 heavy (non-hydrogen) atoms. The lowest BCUT2D eigenvalue weighted by molar-refractivity contribution is -0.141. The second-order valence-electron chi connectivity index (χ2n) is 10.4. The van der Waals surface area contributed by atoms with Gasteiger partial charge in [0.05, 0.1) is 24.0 Å². The highest BCUT2D eigenvalue weighted by Gasteiger charge is 2.69. The number of aromatic nitrogens is 1. The summed E-state index contributed by atoms with van der Waals surface area (Å²) < 4.78 is 5.37. The molecule has 0 spiro atoms. The van der Waals surface area contributed by atoms with E-state index >= 15 is 0 Å². The minimum absolute atomic E-state index is 0.0242. The number of methoxy groups -OCH3 is 1. The standard InChI is InChI=1S/C26H28N2O7S2/c1-35-15-9-11(6-7-14(15)29)17-18-12-10-13(21(18)36-23-22(17)37-26(34)27-23)20-19(12)24(32)28(25(20)33)8-4-2-3-5-16(30)31/h6-7,9,12-13,17-21,29H,2-5,8,10H2,1H3,(H,27,34)(H,30,31)/t12-,13+,17+,18-,19+,20+,21-/m1/s1. The van der Waals surface area contributed by atoms with Gasteiger partial charge in [0, 0.05) is 29.0 Å². The molecule has 6 rings (SSSR count). The number of aromatic hydroxyl groups is 1. The summed E-state index contributed by atoms with van der Waals surface area (Å²) in [6.45, 7) is 0.339. The Kier molecular flexibility index (Phi) is 6.10. The molecule has 0 unspecified atom stereocenters. The van der Waals surface area contributed by atoms with E-state index in [2.05, 4.69) is 4.98 Å². The number of phenols is 1. The number of hydrogen-bond acceptors (Lipinski definition) is 8. The lowest BCUT2D eigenvalue weighted by Gasteiger charge is -2.43. The highest BCUT2D eigenvalue weighted by Crippen LogP contribution is 2.68. The van der Waals surface area contributed by atoms with Crippen LogP contribution in [0.5, 0.6) is 11.5 Å². The maximum absolute atomic E-state index is 13.6. The number of amides is 2. The third-order valence-corrected chi connectivity index (χ3v) is 11.2. The molecule has 1 aromatic heterocycles. The first kappa shape index (κ1) is 24.5. The number of carbonyl (C=O) groups is 3. The summed E-state index contributed by atoms with van der Waals surface area (Å²) in [5.41, 5.74) is 0.928. The number of aromatic amines is 1. The van der Waals surface area contributed by atoms with E-state index in [1.165, 1.54) is 23.3 Å². The van der Waals surface area contributed by atoms with Gasteiger partial charge in [0.15, 0.2) is 11.5 Å². The molecule has 1 saturated heterocycles. The second-order valence-corrected chi connectivity index (χ2v) is 12.6. The van der Waals surface area contributed by atoms with Crippen LogP contribution >= 0.6 is 23.1 Å². The number of imide groups is 1. The number of thiazole rings is 1. The zero-order valence-corrected chi connectivity index (χ0v) is 21.8. The molecule has 196 valence electrons. The molecule has 1 aromatic carbocycles. The Bertz CT molecular complexity index is 1340. The average Bonchev–Trinajstić information content (AvgIpc) is 3.59. The van der Waals surface area contributed by atoms with Crippen molar-refractivity contribution in [1.29, 1.82) is 0 Å². The molecule has 9 nitrogen and oxygen atoms in total. The van der Waals surface area contributed by atoms with E-state index in [1.54, 1.807) is 17.8 Å². The van der Waals surface area contributed by atoms with Crippen LogP contribution in [0.15, 0.2) is 28.0 Å². The quantitative estimate of drug-likeness (QED) is 0.340. The Labute approximate surface area is 221 Å². The van der Waals surface area contributed by atoms with E-state index in [-0.39, 0.29) is 69.6 Å². The van der Waals surface area contributed by atoms with Crippen molar-refractivity contribution in [3.05, 3.63) is 38.3 Å². The number of phenolic OH excluding ortho intramolecular Hbond substituents is 1. The molecule has 3 fully saturated rings.